The lowest BCUT2D eigenvalue weighted by Crippen LogP contribution is -2.05. The minimum Gasteiger partial charge on any atom is -0.491 e. The summed E-state index contributed by atoms with van der Waals surface area (Å²) in [6.45, 7) is 3.96. The second kappa shape index (κ2) is 5.61. The van der Waals surface area contributed by atoms with Gasteiger partial charge in [-0.3, -0.25) is 0 Å². The van der Waals surface area contributed by atoms with Gasteiger partial charge in [-0.05, 0) is 25.1 Å². The summed E-state index contributed by atoms with van der Waals surface area (Å²) in [5, 5.41) is 0. The Morgan fingerprint density at radius 2 is 2.33 bits per heavy atom. The molecule has 0 aliphatic carbocycles. The van der Waals surface area contributed by atoms with Crippen LogP contribution < -0.4 is 4.74 Å². The predicted octanol–water partition coefficient (Wildman–Crippen LogP) is 1.90. The zero-order valence-electron chi connectivity index (χ0n) is 7.25. The van der Waals surface area contributed by atoms with E-state index in [2.05, 4.69) is 6.07 Å². The molecule has 1 aromatic carbocycles. The molecule has 0 aliphatic rings. The summed E-state index contributed by atoms with van der Waals surface area (Å²) in [6.07, 6.45) is 0. The number of benzene rings is 1. The van der Waals surface area contributed by atoms with Crippen molar-refractivity contribution in [3.63, 3.8) is 0 Å². The van der Waals surface area contributed by atoms with Gasteiger partial charge in [-0.15, -0.1) is 0 Å². The van der Waals surface area contributed by atoms with Crippen LogP contribution in [0.25, 0.3) is 0 Å². The van der Waals surface area contributed by atoms with Crippen molar-refractivity contribution in [2.75, 3.05) is 19.8 Å². The Morgan fingerprint density at radius 3 is 3.00 bits per heavy atom. The molecule has 0 saturated heterocycles. The molecule has 1 radical (unpaired) electrons. The van der Waals surface area contributed by atoms with E-state index in [4.69, 9.17) is 9.47 Å². The Balaban J connectivity index is 2.16. The minimum atomic E-state index is 0.603. The third-order valence-corrected chi connectivity index (χ3v) is 1.38. The summed E-state index contributed by atoms with van der Waals surface area (Å²) in [4.78, 5) is 0. The van der Waals surface area contributed by atoms with Gasteiger partial charge in [-0.2, -0.15) is 0 Å². The molecule has 65 valence electrons. The lowest BCUT2D eigenvalue weighted by Gasteiger charge is -2.04. The van der Waals surface area contributed by atoms with Gasteiger partial charge < -0.3 is 9.47 Å². The first-order valence-electron chi connectivity index (χ1n) is 4.10. The molecule has 0 bridgehead atoms. The fourth-order valence-electron chi connectivity index (χ4n) is 0.829. The summed E-state index contributed by atoms with van der Waals surface area (Å²) in [7, 11) is 0. The van der Waals surface area contributed by atoms with Gasteiger partial charge in [0.15, 0.2) is 0 Å². The molecule has 0 heterocycles. The average Bonchev–Trinajstić information content (AvgIpc) is 2.14. The van der Waals surface area contributed by atoms with E-state index < -0.39 is 0 Å². The largest absolute Gasteiger partial charge is 0.491 e. The van der Waals surface area contributed by atoms with Crippen LogP contribution in [-0.2, 0) is 4.74 Å². The molecule has 0 atom stereocenters. The molecule has 0 saturated carbocycles. The van der Waals surface area contributed by atoms with Crippen LogP contribution in [0.3, 0.4) is 0 Å². The second-order valence-corrected chi connectivity index (χ2v) is 2.28. The Kier molecular flexibility index (Phi) is 4.24. The van der Waals surface area contributed by atoms with Crippen molar-refractivity contribution < 1.29 is 9.47 Å². The highest BCUT2D eigenvalue weighted by Crippen LogP contribution is 2.06. The van der Waals surface area contributed by atoms with Crippen LogP contribution in [0.4, 0.5) is 0 Å². The fourth-order valence-corrected chi connectivity index (χ4v) is 0.829. The van der Waals surface area contributed by atoms with Crippen molar-refractivity contribution in [1.82, 2.24) is 0 Å². The third kappa shape index (κ3) is 3.39. The molecule has 1 rings (SSSR count). The van der Waals surface area contributed by atoms with Crippen LogP contribution >= 0.6 is 0 Å². The summed E-state index contributed by atoms with van der Waals surface area (Å²) >= 11 is 0. The van der Waals surface area contributed by atoms with Crippen molar-refractivity contribution in [2.45, 2.75) is 6.92 Å². The average molecular weight is 165 g/mol. The maximum absolute atomic E-state index is 5.35. The van der Waals surface area contributed by atoms with Crippen molar-refractivity contribution in [2.24, 2.45) is 0 Å². The van der Waals surface area contributed by atoms with Crippen molar-refractivity contribution in [3.8, 4) is 5.75 Å². The highest BCUT2D eigenvalue weighted by Gasteiger charge is 1.89. The van der Waals surface area contributed by atoms with E-state index in [1.807, 2.05) is 31.2 Å². The van der Waals surface area contributed by atoms with Crippen molar-refractivity contribution >= 4 is 0 Å². The Labute approximate surface area is 73.1 Å². The van der Waals surface area contributed by atoms with Gasteiger partial charge in [-0.25, -0.2) is 0 Å². The van der Waals surface area contributed by atoms with Gasteiger partial charge >= 0.3 is 0 Å². The normalized spacial score (nSPS) is 9.75. The first-order chi connectivity index (χ1) is 5.93. The smallest absolute Gasteiger partial charge is 0.120 e. The summed E-state index contributed by atoms with van der Waals surface area (Å²) < 4.78 is 10.5. The summed E-state index contributed by atoms with van der Waals surface area (Å²) in [6, 6.07) is 10.4. The molecule has 0 amide bonds. The van der Waals surface area contributed by atoms with Crippen LogP contribution in [0.2, 0.25) is 0 Å². The maximum Gasteiger partial charge on any atom is 0.120 e. The highest BCUT2D eigenvalue weighted by molar-refractivity contribution is 5.19. The lowest BCUT2D eigenvalue weighted by atomic mass is 10.3. The van der Waals surface area contributed by atoms with Gasteiger partial charge in [0.1, 0.15) is 12.4 Å². The Morgan fingerprint density at radius 1 is 1.42 bits per heavy atom. The molecule has 0 aromatic heterocycles. The fraction of sp³-hybridized carbons (Fsp3) is 0.400. The number of hydrogen-bond acceptors (Lipinski definition) is 2. The van der Waals surface area contributed by atoms with Gasteiger partial charge in [-0.1, -0.05) is 12.1 Å². The quantitative estimate of drug-likeness (QED) is 0.620. The van der Waals surface area contributed by atoms with Crippen LogP contribution in [0.1, 0.15) is 6.92 Å². The molecule has 0 fully saturated rings. The van der Waals surface area contributed by atoms with Gasteiger partial charge in [0, 0.05) is 6.61 Å². The third-order valence-electron chi connectivity index (χ3n) is 1.38. The van der Waals surface area contributed by atoms with Crippen LogP contribution in [0, 0.1) is 6.07 Å². The first kappa shape index (κ1) is 9.07. The van der Waals surface area contributed by atoms with E-state index in [1.54, 1.807) is 0 Å². The number of rotatable bonds is 5. The molecule has 0 spiro atoms. The lowest BCUT2D eigenvalue weighted by molar-refractivity contribution is 0.110. The number of hydrogen-bond donors (Lipinski definition) is 0. The molecule has 0 unspecified atom stereocenters. The van der Waals surface area contributed by atoms with E-state index in [0.29, 0.717) is 13.2 Å². The van der Waals surface area contributed by atoms with E-state index in [0.717, 1.165) is 12.4 Å². The van der Waals surface area contributed by atoms with Crippen molar-refractivity contribution in [1.29, 1.82) is 0 Å². The molecule has 0 aliphatic heterocycles. The SMILES string of the molecule is CCOCCOc1c[c]ccc1. The van der Waals surface area contributed by atoms with E-state index in [1.165, 1.54) is 0 Å². The first-order valence-corrected chi connectivity index (χ1v) is 4.10. The zero-order chi connectivity index (χ0) is 8.65. The molecular weight excluding hydrogens is 152 g/mol. The van der Waals surface area contributed by atoms with Crippen LogP contribution in [0.15, 0.2) is 24.3 Å². The molecule has 1 aromatic rings. The Bertz CT molecular complexity index is 196. The number of ether oxygens (including phenoxy) is 2. The molecule has 2 heteroatoms. The molecule has 2 nitrogen and oxygen atoms in total. The van der Waals surface area contributed by atoms with Gasteiger partial charge in [0.25, 0.3) is 0 Å². The minimum absolute atomic E-state index is 0.603. The second-order valence-electron chi connectivity index (χ2n) is 2.28. The summed E-state index contributed by atoms with van der Waals surface area (Å²) in [5.74, 6) is 0.845. The molecule has 0 N–H and O–H groups in total. The highest BCUT2D eigenvalue weighted by atomic mass is 16.5. The zero-order valence-corrected chi connectivity index (χ0v) is 7.25. The Hall–Kier alpha value is -1.02. The predicted molar refractivity (Wildman–Crippen MR) is 47.3 cm³/mol. The molecular formula is C10H13O2. The standard InChI is InChI=1S/C10H13O2/c1-2-11-8-9-12-10-6-4-3-5-7-10/h3-4,6-7H,2,8-9H2,1H3. The van der Waals surface area contributed by atoms with Crippen LogP contribution in [-0.4, -0.2) is 19.8 Å². The van der Waals surface area contributed by atoms with Crippen molar-refractivity contribution in [3.05, 3.63) is 30.3 Å². The van der Waals surface area contributed by atoms with E-state index in [9.17, 15) is 0 Å². The van der Waals surface area contributed by atoms with Crippen LogP contribution in [0.5, 0.6) is 5.75 Å². The van der Waals surface area contributed by atoms with Gasteiger partial charge in [0.2, 0.25) is 0 Å². The van der Waals surface area contributed by atoms with Gasteiger partial charge in [0.05, 0.1) is 6.61 Å². The molecule has 12 heavy (non-hydrogen) atoms. The maximum atomic E-state index is 5.35. The van der Waals surface area contributed by atoms with E-state index >= 15 is 0 Å². The monoisotopic (exact) mass is 165 g/mol. The van der Waals surface area contributed by atoms with E-state index in [-0.39, 0.29) is 0 Å². The summed E-state index contributed by atoms with van der Waals surface area (Å²) in [5.41, 5.74) is 0. The topological polar surface area (TPSA) is 18.5 Å².